The van der Waals surface area contributed by atoms with Crippen LogP contribution in [0.3, 0.4) is 0 Å². The normalized spacial score (nSPS) is 12.5. The maximum absolute atomic E-state index is 3.79. The lowest BCUT2D eigenvalue weighted by Gasteiger charge is -2.17. The van der Waals surface area contributed by atoms with Crippen LogP contribution in [0.5, 0.6) is 0 Å². The highest BCUT2D eigenvalue weighted by molar-refractivity contribution is 4.68. The van der Waals surface area contributed by atoms with Crippen LogP contribution >= 0.6 is 0 Å². The zero-order valence-electron chi connectivity index (χ0n) is 14.3. The van der Waals surface area contributed by atoms with Crippen LogP contribution in [-0.2, 0) is 0 Å². The molecule has 1 nitrogen and oxygen atoms in total. The second kappa shape index (κ2) is 16.8. The summed E-state index contributed by atoms with van der Waals surface area (Å²) >= 11 is 0. The molecule has 0 aliphatic heterocycles. The Balaban J connectivity index is 3.46. The molecular weight excluding hydrogens is 242 g/mol. The number of allylic oxidation sites excluding steroid dienone is 1. The van der Waals surface area contributed by atoms with Gasteiger partial charge in [-0.25, -0.2) is 0 Å². The third kappa shape index (κ3) is 14.1. The van der Waals surface area contributed by atoms with Gasteiger partial charge < -0.3 is 5.32 Å². The molecule has 120 valence electrons. The molecule has 0 radical (unpaired) electrons. The Morgan fingerprint density at radius 1 is 0.800 bits per heavy atom. The average molecular weight is 282 g/mol. The Kier molecular flexibility index (Phi) is 16.5. The molecule has 0 saturated carbocycles. The van der Waals surface area contributed by atoms with Gasteiger partial charge in [-0.2, -0.15) is 0 Å². The van der Waals surface area contributed by atoms with E-state index in [1.807, 2.05) is 6.08 Å². The highest BCUT2D eigenvalue weighted by Crippen LogP contribution is 2.13. The molecule has 1 N–H and O–H groups in total. The lowest BCUT2D eigenvalue weighted by Crippen LogP contribution is -2.28. The summed E-state index contributed by atoms with van der Waals surface area (Å²) in [5, 5.41) is 3.66. The van der Waals surface area contributed by atoms with Gasteiger partial charge in [-0.3, -0.25) is 0 Å². The van der Waals surface area contributed by atoms with E-state index in [-0.39, 0.29) is 0 Å². The summed E-state index contributed by atoms with van der Waals surface area (Å²) in [5.41, 5.74) is 0. The van der Waals surface area contributed by atoms with E-state index in [0.717, 1.165) is 12.6 Å². The molecule has 1 unspecified atom stereocenters. The first kappa shape index (κ1) is 19.7. The zero-order valence-corrected chi connectivity index (χ0v) is 14.3. The molecule has 0 aliphatic rings. The first-order valence-electron chi connectivity index (χ1n) is 9.19. The number of hydrogen-bond donors (Lipinski definition) is 1. The van der Waals surface area contributed by atoms with Crippen LogP contribution in [-0.4, -0.2) is 12.6 Å². The van der Waals surface area contributed by atoms with E-state index in [9.17, 15) is 0 Å². The maximum Gasteiger partial charge on any atom is 0.00669 e. The SMILES string of the molecule is C=CCCCCCC(CCCCCCCCC)NCC. The predicted octanol–water partition coefficient (Wildman–Crippen LogP) is 6.24. The minimum Gasteiger partial charge on any atom is -0.314 e. The van der Waals surface area contributed by atoms with E-state index in [1.165, 1.54) is 83.5 Å². The molecule has 0 fully saturated rings. The van der Waals surface area contributed by atoms with Crippen LogP contribution in [0.15, 0.2) is 12.7 Å². The standard InChI is InChI=1S/C19H39N/c1-4-7-9-11-12-14-16-18-19(20-6-3)17-15-13-10-8-5-2/h5,19-20H,2,4,6-18H2,1,3H3. The van der Waals surface area contributed by atoms with Crippen molar-refractivity contribution in [2.45, 2.75) is 103 Å². The molecule has 0 aromatic heterocycles. The van der Waals surface area contributed by atoms with Crippen LogP contribution in [0, 0.1) is 0 Å². The Hall–Kier alpha value is -0.300. The Morgan fingerprint density at radius 2 is 1.35 bits per heavy atom. The third-order valence-electron chi connectivity index (χ3n) is 4.11. The van der Waals surface area contributed by atoms with Crippen LogP contribution in [0.25, 0.3) is 0 Å². The molecule has 0 spiro atoms. The summed E-state index contributed by atoms with van der Waals surface area (Å²) in [5.74, 6) is 0. The highest BCUT2D eigenvalue weighted by atomic mass is 14.9. The second-order valence-electron chi connectivity index (χ2n) is 6.09. The second-order valence-corrected chi connectivity index (χ2v) is 6.09. The molecular formula is C19H39N. The van der Waals surface area contributed by atoms with Gasteiger partial charge in [0.15, 0.2) is 0 Å². The first-order chi connectivity index (χ1) is 9.85. The lowest BCUT2D eigenvalue weighted by molar-refractivity contribution is 0.422. The molecule has 0 aliphatic carbocycles. The summed E-state index contributed by atoms with van der Waals surface area (Å²) in [7, 11) is 0. The van der Waals surface area contributed by atoms with E-state index >= 15 is 0 Å². The van der Waals surface area contributed by atoms with Gasteiger partial charge in [-0.05, 0) is 32.2 Å². The van der Waals surface area contributed by atoms with E-state index in [0.29, 0.717) is 0 Å². The van der Waals surface area contributed by atoms with Crippen molar-refractivity contribution in [2.75, 3.05) is 6.54 Å². The number of unbranched alkanes of at least 4 members (excludes halogenated alkanes) is 9. The van der Waals surface area contributed by atoms with Crippen molar-refractivity contribution in [3.05, 3.63) is 12.7 Å². The lowest BCUT2D eigenvalue weighted by atomic mass is 10.0. The Labute approximate surface area is 128 Å². The molecule has 0 bridgehead atoms. The smallest absolute Gasteiger partial charge is 0.00669 e. The van der Waals surface area contributed by atoms with E-state index < -0.39 is 0 Å². The maximum atomic E-state index is 3.79. The van der Waals surface area contributed by atoms with E-state index in [2.05, 4.69) is 25.7 Å². The number of nitrogens with one attached hydrogen (secondary N) is 1. The van der Waals surface area contributed by atoms with Crippen molar-refractivity contribution in [3.63, 3.8) is 0 Å². The van der Waals surface area contributed by atoms with Gasteiger partial charge in [0.2, 0.25) is 0 Å². The fourth-order valence-electron chi connectivity index (χ4n) is 2.84. The van der Waals surface area contributed by atoms with Crippen molar-refractivity contribution < 1.29 is 0 Å². The molecule has 0 aromatic rings. The van der Waals surface area contributed by atoms with E-state index in [4.69, 9.17) is 0 Å². The summed E-state index contributed by atoms with van der Waals surface area (Å²) in [6.45, 7) is 9.43. The summed E-state index contributed by atoms with van der Waals surface area (Å²) in [4.78, 5) is 0. The molecule has 0 amide bonds. The molecule has 1 heteroatoms. The minimum absolute atomic E-state index is 0.763. The summed E-state index contributed by atoms with van der Waals surface area (Å²) < 4.78 is 0. The molecule has 0 heterocycles. The molecule has 20 heavy (non-hydrogen) atoms. The van der Waals surface area contributed by atoms with Gasteiger partial charge in [-0.1, -0.05) is 77.7 Å². The first-order valence-corrected chi connectivity index (χ1v) is 9.19. The van der Waals surface area contributed by atoms with Crippen molar-refractivity contribution in [1.82, 2.24) is 5.32 Å². The quantitative estimate of drug-likeness (QED) is 0.261. The highest BCUT2D eigenvalue weighted by Gasteiger charge is 2.06. The third-order valence-corrected chi connectivity index (χ3v) is 4.11. The molecule has 0 saturated heterocycles. The largest absolute Gasteiger partial charge is 0.314 e. The van der Waals surface area contributed by atoms with Crippen LogP contribution < -0.4 is 5.32 Å². The fourth-order valence-corrected chi connectivity index (χ4v) is 2.84. The van der Waals surface area contributed by atoms with Crippen LogP contribution in [0.4, 0.5) is 0 Å². The minimum atomic E-state index is 0.763. The topological polar surface area (TPSA) is 12.0 Å². The van der Waals surface area contributed by atoms with Gasteiger partial charge in [0.05, 0.1) is 0 Å². The van der Waals surface area contributed by atoms with Gasteiger partial charge in [0.25, 0.3) is 0 Å². The van der Waals surface area contributed by atoms with Crippen LogP contribution in [0.1, 0.15) is 97.3 Å². The van der Waals surface area contributed by atoms with Crippen LogP contribution in [0.2, 0.25) is 0 Å². The average Bonchev–Trinajstić information content (AvgIpc) is 2.46. The van der Waals surface area contributed by atoms with Gasteiger partial charge in [0.1, 0.15) is 0 Å². The summed E-state index contributed by atoms with van der Waals surface area (Å²) in [6.07, 6.45) is 20.0. The van der Waals surface area contributed by atoms with Gasteiger partial charge >= 0.3 is 0 Å². The van der Waals surface area contributed by atoms with E-state index in [1.54, 1.807) is 0 Å². The zero-order chi connectivity index (χ0) is 14.9. The fraction of sp³-hybridized carbons (Fsp3) is 0.895. The van der Waals surface area contributed by atoms with Gasteiger partial charge in [-0.15, -0.1) is 6.58 Å². The molecule has 1 atom stereocenters. The van der Waals surface area contributed by atoms with Crippen molar-refractivity contribution in [1.29, 1.82) is 0 Å². The number of hydrogen-bond acceptors (Lipinski definition) is 1. The molecule has 0 aromatic carbocycles. The number of rotatable bonds is 16. The van der Waals surface area contributed by atoms with Crippen molar-refractivity contribution in [3.8, 4) is 0 Å². The monoisotopic (exact) mass is 281 g/mol. The summed E-state index contributed by atoms with van der Waals surface area (Å²) in [6, 6.07) is 0.763. The Bertz CT molecular complexity index is 188. The van der Waals surface area contributed by atoms with Crippen molar-refractivity contribution in [2.24, 2.45) is 0 Å². The van der Waals surface area contributed by atoms with Gasteiger partial charge in [0, 0.05) is 6.04 Å². The Morgan fingerprint density at radius 3 is 1.90 bits per heavy atom. The van der Waals surface area contributed by atoms with Crippen molar-refractivity contribution >= 4 is 0 Å². The predicted molar refractivity (Wildman–Crippen MR) is 93.4 cm³/mol. The molecule has 0 rings (SSSR count).